The van der Waals surface area contributed by atoms with Crippen LogP contribution in [0.2, 0.25) is 5.02 Å². The van der Waals surface area contributed by atoms with E-state index in [2.05, 4.69) is 0 Å². The topological polar surface area (TPSA) is 60.4 Å². The maximum atomic E-state index is 14.2. The quantitative estimate of drug-likeness (QED) is 0.196. The number of methoxy groups -OCH3 is 1. The fourth-order valence-electron chi connectivity index (χ4n) is 3.34. The van der Waals surface area contributed by atoms with Crippen LogP contribution in [-0.2, 0) is 16.9 Å². The van der Waals surface area contributed by atoms with Gasteiger partial charge in [-0.3, -0.25) is 4.79 Å². The lowest BCUT2D eigenvalue weighted by Gasteiger charge is -2.16. The lowest BCUT2D eigenvalue weighted by Crippen LogP contribution is -2.30. The second-order valence-corrected chi connectivity index (χ2v) is 8.84. The van der Waals surface area contributed by atoms with E-state index in [-0.39, 0.29) is 17.4 Å². The molecule has 0 aromatic heterocycles. The number of halogens is 7. The molecule has 0 spiro atoms. The molecule has 0 saturated heterocycles. The van der Waals surface area contributed by atoms with E-state index in [0.717, 1.165) is 13.2 Å². The number of alkyl halides is 6. The van der Waals surface area contributed by atoms with Crippen molar-refractivity contribution in [3.05, 3.63) is 93.5 Å². The predicted molar refractivity (Wildman–Crippen MR) is 116 cm³/mol. The van der Waals surface area contributed by atoms with E-state index in [1.807, 2.05) is 0 Å². The third kappa shape index (κ3) is 5.23. The van der Waals surface area contributed by atoms with Gasteiger partial charge in [0.15, 0.2) is 5.78 Å². The summed E-state index contributed by atoms with van der Waals surface area (Å²) < 4.78 is 102. The number of hydrogen-bond acceptors (Lipinski definition) is 4. The van der Waals surface area contributed by atoms with Crippen LogP contribution in [0.4, 0.5) is 26.3 Å². The van der Waals surface area contributed by atoms with Gasteiger partial charge in [-0.2, -0.15) is 26.3 Å². The zero-order chi connectivity index (χ0) is 26.1. The van der Waals surface area contributed by atoms with Gasteiger partial charge in [0.2, 0.25) is 5.30 Å². The van der Waals surface area contributed by atoms with Crippen molar-refractivity contribution in [2.45, 2.75) is 12.4 Å². The van der Waals surface area contributed by atoms with E-state index < -0.39 is 64.0 Å². The van der Waals surface area contributed by atoms with E-state index >= 15 is 0 Å². The Balaban J connectivity index is 2.37. The molecule has 0 aliphatic heterocycles. The highest BCUT2D eigenvalue weighted by Gasteiger charge is 2.53. The molecule has 4 nitrogen and oxygen atoms in total. The molecule has 0 amide bonds. The monoisotopic (exact) mass is 533 g/mol. The first-order chi connectivity index (χ1) is 16.3. The largest absolute Gasteiger partial charge is 0.496 e. The normalized spacial score (nSPS) is 12.3. The van der Waals surface area contributed by atoms with Gasteiger partial charge in [0.1, 0.15) is 22.4 Å². The molecule has 3 aromatic rings. The fraction of sp³-hybridized carbons (Fsp3) is 0.130. The molecular formula is C23H13ClF6O4P+. The van der Waals surface area contributed by atoms with Crippen molar-refractivity contribution < 1.29 is 45.2 Å². The van der Waals surface area contributed by atoms with E-state index in [0.29, 0.717) is 6.07 Å². The van der Waals surface area contributed by atoms with E-state index in [9.17, 15) is 40.5 Å². The summed E-state index contributed by atoms with van der Waals surface area (Å²) in [5.74, 6) is -1.57. The van der Waals surface area contributed by atoms with Crippen LogP contribution in [0.15, 0.2) is 60.7 Å². The molecule has 35 heavy (non-hydrogen) atoms. The molecule has 182 valence electrons. The Bertz CT molecular complexity index is 1320. The number of rotatable bonds is 6. The summed E-state index contributed by atoms with van der Waals surface area (Å²) in [6, 6.07) is 10.7. The summed E-state index contributed by atoms with van der Waals surface area (Å²) in [5, 5.41) is -2.25. The van der Waals surface area contributed by atoms with Crippen LogP contribution in [0.3, 0.4) is 0 Å². The highest BCUT2D eigenvalue weighted by Crippen LogP contribution is 2.44. The maximum absolute atomic E-state index is 14.2. The zero-order valence-electron chi connectivity index (χ0n) is 17.5. The number of ketones is 1. The first kappa shape index (κ1) is 26.4. The molecule has 0 fully saturated rings. The summed E-state index contributed by atoms with van der Waals surface area (Å²) in [6.45, 7) is 0. The van der Waals surface area contributed by atoms with Crippen molar-refractivity contribution in [2.75, 3.05) is 7.11 Å². The van der Waals surface area contributed by atoms with Gasteiger partial charge in [-0.15, -0.1) is 0 Å². The second-order valence-electron chi connectivity index (χ2n) is 6.99. The molecule has 1 atom stereocenters. The van der Waals surface area contributed by atoms with Crippen molar-refractivity contribution in [1.82, 2.24) is 0 Å². The lowest BCUT2D eigenvalue weighted by molar-refractivity contribution is -0.141. The van der Waals surface area contributed by atoms with Gasteiger partial charge in [0.05, 0.1) is 12.1 Å². The van der Waals surface area contributed by atoms with Crippen LogP contribution >= 0.6 is 19.4 Å². The Labute approximate surface area is 200 Å². The molecule has 0 heterocycles. The van der Waals surface area contributed by atoms with Crippen molar-refractivity contribution in [1.29, 1.82) is 0 Å². The molecule has 0 aliphatic rings. The van der Waals surface area contributed by atoms with Gasteiger partial charge in [-0.1, -0.05) is 52.6 Å². The third-order valence-corrected chi connectivity index (χ3v) is 6.62. The number of ether oxygens (including phenoxy) is 1. The molecule has 0 aliphatic carbocycles. The Hall–Kier alpha value is -3.23. The number of hydrogen-bond donors (Lipinski definition) is 0. The lowest BCUT2D eigenvalue weighted by atomic mass is 9.95. The molecule has 0 radical (unpaired) electrons. The summed E-state index contributed by atoms with van der Waals surface area (Å²) in [4.78, 5) is 25.8. The molecule has 3 aromatic carbocycles. The van der Waals surface area contributed by atoms with Crippen molar-refractivity contribution in [3.8, 4) is 5.75 Å². The van der Waals surface area contributed by atoms with Crippen LogP contribution < -0.4 is 10.0 Å². The average molecular weight is 534 g/mol. The SMILES string of the molecule is COc1cccc(Cl)c1C(=O)[P+](=O)c1c(C(F)(F)F)ccc(C(=O)c2ccccc2)c1C(F)(F)F. The summed E-state index contributed by atoms with van der Waals surface area (Å²) in [5.41, 5.74) is -7.79. The number of carbonyl (C=O) groups is 2. The molecule has 3 rings (SSSR count). The minimum Gasteiger partial charge on any atom is -0.496 e. The average Bonchev–Trinajstić information content (AvgIpc) is 2.80. The predicted octanol–water partition coefficient (Wildman–Crippen LogP) is 6.91. The minimum atomic E-state index is -5.58. The third-order valence-electron chi connectivity index (χ3n) is 4.84. The summed E-state index contributed by atoms with van der Waals surface area (Å²) in [7, 11) is -3.00. The first-order valence-electron chi connectivity index (χ1n) is 9.54. The van der Waals surface area contributed by atoms with Crippen molar-refractivity contribution in [2.24, 2.45) is 0 Å². The molecule has 0 bridgehead atoms. The van der Waals surface area contributed by atoms with E-state index in [4.69, 9.17) is 16.3 Å². The fourth-order valence-corrected chi connectivity index (χ4v) is 5.16. The van der Waals surface area contributed by atoms with Crippen LogP contribution in [-0.4, -0.2) is 18.4 Å². The van der Waals surface area contributed by atoms with E-state index in [1.165, 1.54) is 42.5 Å². The van der Waals surface area contributed by atoms with Gasteiger partial charge in [-0.25, -0.2) is 4.79 Å². The van der Waals surface area contributed by atoms with Gasteiger partial charge >= 0.3 is 25.7 Å². The Morgan fingerprint density at radius 1 is 0.857 bits per heavy atom. The number of carbonyl (C=O) groups excluding carboxylic acids is 2. The van der Waals surface area contributed by atoms with Gasteiger partial charge in [-0.05, 0) is 24.3 Å². The molecule has 0 saturated carbocycles. The van der Waals surface area contributed by atoms with Gasteiger partial charge in [0.25, 0.3) is 0 Å². The first-order valence-corrected chi connectivity index (χ1v) is 11.2. The zero-order valence-corrected chi connectivity index (χ0v) is 19.1. The van der Waals surface area contributed by atoms with Crippen LogP contribution in [0.5, 0.6) is 5.75 Å². The highest BCUT2D eigenvalue weighted by atomic mass is 35.5. The molecular weight excluding hydrogens is 521 g/mol. The Morgan fingerprint density at radius 3 is 2.03 bits per heavy atom. The van der Waals surface area contributed by atoms with Crippen molar-refractivity contribution in [3.63, 3.8) is 0 Å². The van der Waals surface area contributed by atoms with Crippen LogP contribution in [0.1, 0.15) is 37.4 Å². The van der Waals surface area contributed by atoms with Crippen LogP contribution in [0.25, 0.3) is 0 Å². The Kier molecular flexibility index (Phi) is 7.38. The van der Waals surface area contributed by atoms with Crippen LogP contribution in [0, 0.1) is 0 Å². The molecule has 12 heteroatoms. The minimum absolute atomic E-state index is 0.199. The smallest absolute Gasteiger partial charge is 0.460 e. The second kappa shape index (κ2) is 9.79. The summed E-state index contributed by atoms with van der Waals surface area (Å²) in [6.07, 6.45) is -11.0. The highest BCUT2D eigenvalue weighted by molar-refractivity contribution is 7.71. The molecule has 0 N–H and O–H groups in total. The number of benzene rings is 3. The summed E-state index contributed by atoms with van der Waals surface area (Å²) >= 11 is 5.93. The van der Waals surface area contributed by atoms with Gasteiger partial charge < -0.3 is 4.74 Å². The molecule has 1 unspecified atom stereocenters. The van der Waals surface area contributed by atoms with Gasteiger partial charge in [0, 0.05) is 11.1 Å². The standard InChI is InChI=1S/C23H13ClF6O4P/c1-34-16-9-5-8-15(24)17(16)21(32)35(33)20-14(22(25,26)27)11-10-13(18(20)23(28,29)30)19(31)12-6-3-2-4-7-12/h2-11H,1H3/q+1. The Morgan fingerprint density at radius 2 is 1.49 bits per heavy atom. The van der Waals surface area contributed by atoms with Crippen molar-refractivity contribution >= 4 is 36.0 Å². The van der Waals surface area contributed by atoms with E-state index in [1.54, 1.807) is 0 Å². The maximum Gasteiger partial charge on any atom is 0.460 e.